The molecule has 0 atom stereocenters. The lowest BCUT2D eigenvalue weighted by atomic mass is 9.77. The van der Waals surface area contributed by atoms with Crippen LogP contribution in [0.25, 0.3) is 0 Å². The van der Waals surface area contributed by atoms with E-state index in [0.29, 0.717) is 24.7 Å². The van der Waals surface area contributed by atoms with Gasteiger partial charge in [0.15, 0.2) is 0 Å². The number of nitrogens with one attached hydrogen (secondary N) is 1. The molecule has 0 unspecified atom stereocenters. The predicted molar refractivity (Wildman–Crippen MR) is 70.9 cm³/mol. The maximum atomic E-state index is 11.6. The summed E-state index contributed by atoms with van der Waals surface area (Å²) in [6, 6.07) is 0. The van der Waals surface area contributed by atoms with Crippen LogP contribution >= 0.6 is 0 Å². The number of aromatic nitrogens is 3. The molecule has 1 aliphatic carbocycles. The van der Waals surface area contributed by atoms with Gasteiger partial charge in [0.25, 0.3) is 0 Å². The van der Waals surface area contributed by atoms with Gasteiger partial charge < -0.3 is 10.4 Å². The highest BCUT2D eigenvalue weighted by atomic mass is 16.4. The Morgan fingerprint density at radius 3 is 2.42 bits per heavy atom. The lowest BCUT2D eigenvalue weighted by molar-refractivity contribution is -0.143. The second-order valence-electron chi connectivity index (χ2n) is 5.50. The Morgan fingerprint density at radius 2 is 1.89 bits per heavy atom. The first-order valence-corrected chi connectivity index (χ1v) is 6.62. The fourth-order valence-electron chi connectivity index (χ4n) is 2.37. The third kappa shape index (κ3) is 2.83. The van der Waals surface area contributed by atoms with Crippen molar-refractivity contribution in [2.75, 3.05) is 5.32 Å². The van der Waals surface area contributed by atoms with E-state index in [1.54, 1.807) is 0 Å². The van der Waals surface area contributed by atoms with Crippen molar-refractivity contribution in [2.45, 2.75) is 52.0 Å². The van der Waals surface area contributed by atoms with E-state index in [2.05, 4.69) is 27.4 Å². The van der Waals surface area contributed by atoms with Gasteiger partial charge >= 0.3 is 5.97 Å². The van der Waals surface area contributed by atoms with Gasteiger partial charge in [0.1, 0.15) is 5.54 Å². The van der Waals surface area contributed by atoms with E-state index in [4.69, 9.17) is 0 Å². The summed E-state index contributed by atoms with van der Waals surface area (Å²) in [4.78, 5) is 15.9. The summed E-state index contributed by atoms with van der Waals surface area (Å²) in [6.07, 6.45) is 2.99. The highest BCUT2D eigenvalue weighted by Crippen LogP contribution is 2.34. The Bertz CT molecular complexity index is 482. The summed E-state index contributed by atoms with van der Waals surface area (Å²) in [6.45, 7) is 5.82. The molecule has 1 saturated carbocycles. The smallest absolute Gasteiger partial charge is 0.329 e. The molecule has 1 aromatic heterocycles. The Labute approximate surface area is 112 Å². The van der Waals surface area contributed by atoms with E-state index >= 15 is 0 Å². The Morgan fingerprint density at radius 1 is 1.26 bits per heavy atom. The van der Waals surface area contributed by atoms with E-state index < -0.39 is 11.5 Å². The van der Waals surface area contributed by atoms with Crippen LogP contribution in [0.15, 0.2) is 0 Å². The monoisotopic (exact) mass is 264 g/mol. The molecule has 6 nitrogen and oxygen atoms in total. The molecule has 1 aromatic rings. The SMILES string of the molecule is Cc1nnc(NC2(C(=O)O)CCC(C)CC2)nc1C. The van der Waals surface area contributed by atoms with Crippen molar-refractivity contribution in [1.29, 1.82) is 0 Å². The molecule has 0 amide bonds. The molecular formula is C13H20N4O2. The third-order valence-electron chi connectivity index (χ3n) is 3.98. The van der Waals surface area contributed by atoms with Gasteiger partial charge in [-0.1, -0.05) is 6.92 Å². The van der Waals surface area contributed by atoms with Gasteiger partial charge in [-0.25, -0.2) is 9.78 Å². The van der Waals surface area contributed by atoms with Gasteiger partial charge in [-0.2, -0.15) is 5.10 Å². The average Bonchev–Trinajstić information content (AvgIpc) is 2.37. The predicted octanol–water partition coefficient (Wildman–Crippen LogP) is 1.93. The van der Waals surface area contributed by atoms with Crippen molar-refractivity contribution in [1.82, 2.24) is 15.2 Å². The Kier molecular flexibility index (Phi) is 3.68. The number of rotatable bonds is 3. The third-order valence-corrected chi connectivity index (χ3v) is 3.98. The number of aliphatic carboxylic acids is 1. The van der Waals surface area contributed by atoms with Crippen molar-refractivity contribution in [3.63, 3.8) is 0 Å². The van der Waals surface area contributed by atoms with Gasteiger partial charge in [0, 0.05) is 0 Å². The van der Waals surface area contributed by atoms with Gasteiger partial charge in [0.2, 0.25) is 5.95 Å². The molecule has 0 spiro atoms. The highest BCUT2D eigenvalue weighted by Gasteiger charge is 2.41. The minimum atomic E-state index is -0.949. The zero-order valence-corrected chi connectivity index (χ0v) is 11.6. The number of nitrogens with zero attached hydrogens (tertiary/aromatic N) is 3. The maximum Gasteiger partial charge on any atom is 0.329 e. The van der Waals surface area contributed by atoms with Crippen LogP contribution in [0, 0.1) is 19.8 Å². The van der Waals surface area contributed by atoms with Crippen molar-refractivity contribution >= 4 is 11.9 Å². The number of anilines is 1. The highest BCUT2D eigenvalue weighted by molar-refractivity contribution is 5.82. The molecule has 0 aliphatic heterocycles. The molecule has 104 valence electrons. The van der Waals surface area contributed by atoms with Crippen LogP contribution in [-0.4, -0.2) is 31.8 Å². The van der Waals surface area contributed by atoms with Crippen LogP contribution in [0.1, 0.15) is 44.0 Å². The quantitative estimate of drug-likeness (QED) is 0.867. The van der Waals surface area contributed by atoms with Crippen molar-refractivity contribution < 1.29 is 9.90 Å². The zero-order valence-electron chi connectivity index (χ0n) is 11.6. The number of hydrogen-bond donors (Lipinski definition) is 2. The van der Waals surface area contributed by atoms with Crippen LogP contribution < -0.4 is 5.32 Å². The molecule has 0 radical (unpaired) electrons. The van der Waals surface area contributed by atoms with Crippen molar-refractivity contribution in [2.24, 2.45) is 5.92 Å². The number of carboxylic acid groups (broad SMARTS) is 1. The molecular weight excluding hydrogens is 244 g/mol. The van der Waals surface area contributed by atoms with Gasteiger partial charge in [-0.3, -0.25) is 0 Å². The Balaban J connectivity index is 2.21. The normalized spacial score (nSPS) is 27.0. The summed E-state index contributed by atoms with van der Waals surface area (Å²) in [5, 5.41) is 20.4. The number of aryl methyl sites for hydroxylation is 2. The van der Waals surface area contributed by atoms with E-state index in [1.807, 2.05) is 13.8 Å². The number of carboxylic acids is 1. The first kappa shape index (κ1) is 13.7. The lowest BCUT2D eigenvalue weighted by Crippen LogP contribution is -2.49. The molecule has 1 heterocycles. The molecule has 1 aliphatic rings. The Hall–Kier alpha value is -1.72. The zero-order chi connectivity index (χ0) is 14.0. The standard InChI is InChI=1S/C13H20N4O2/c1-8-4-6-13(7-5-8,11(18)19)15-12-14-9(2)10(3)16-17-12/h8H,4-7H2,1-3H3,(H,18,19)(H,14,15,17). The summed E-state index contributed by atoms with van der Waals surface area (Å²) in [5.74, 6) is 0.0503. The molecule has 2 N–H and O–H groups in total. The van der Waals surface area contributed by atoms with Crippen LogP contribution in [-0.2, 0) is 4.79 Å². The van der Waals surface area contributed by atoms with Crippen molar-refractivity contribution in [3.05, 3.63) is 11.4 Å². The first-order valence-electron chi connectivity index (χ1n) is 6.62. The van der Waals surface area contributed by atoms with Gasteiger partial charge in [-0.15, -0.1) is 5.10 Å². The largest absolute Gasteiger partial charge is 0.480 e. The van der Waals surface area contributed by atoms with Crippen molar-refractivity contribution in [3.8, 4) is 0 Å². The van der Waals surface area contributed by atoms with E-state index in [9.17, 15) is 9.90 Å². The minimum Gasteiger partial charge on any atom is -0.480 e. The van der Waals surface area contributed by atoms with Crippen LogP contribution in [0.3, 0.4) is 0 Å². The van der Waals surface area contributed by atoms with Gasteiger partial charge in [-0.05, 0) is 45.4 Å². The van der Waals surface area contributed by atoms with E-state index in [-0.39, 0.29) is 0 Å². The average molecular weight is 264 g/mol. The lowest BCUT2D eigenvalue weighted by Gasteiger charge is -2.36. The molecule has 19 heavy (non-hydrogen) atoms. The van der Waals surface area contributed by atoms with E-state index in [1.165, 1.54) is 0 Å². The second kappa shape index (κ2) is 5.11. The molecule has 6 heteroatoms. The fraction of sp³-hybridized carbons (Fsp3) is 0.692. The molecule has 2 rings (SSSR count). The maximum absolute atomic E-state index is 11.6. The fourth-order valence-corrected chi connectivity index (χ4v) is 2.37. The summed E-state index contributed by atoms with van der Waals surface area (Å²) >= 11 is 0. The number of carbonyl (C=O) groups is 1. The molecule has 0 aromatic carbocycles. The summed E-state index contributed by atoms with van der Waals surface area (Å²) in [7, 11) is 0. The minimum absolute atomic E-state index is 0.306. The summed E-state index contributed by atoms with van der Waals surface area (Å²) in [5.41, 5.74) is 0.574. The first-order chi connectivity index (χ1) is 8.93. The topological polar surface area (TPSA) is 88.0 Å². The summed E-state index contributed by atoms with van der Waals surface area (Å²) < 4.78 is 0. The van der Waals surface area contributed by atoms with Crippen LogP contribution in [0.4, 0.5) is 5.95 Å². The van der Waals surface area contributed by atoms with Crippen LogP contribution in [0.5, 0.6) is 0 Å². The molecule has 0 bridgehead atoms. The number of hydrogen-bond acceptors (Lipinski definition) is 5. The van der Waals surface area contributed by atoms with Crippen LogP contribution in [0.2, 0.25) is 0 Å². The second-order valence-corrected chi connectivity index (χ2v) is 5.50. The molecule has 0 saturated heterocycles. The molecule has 1 fully saturated rings. The van der Waals surface area contributed by atoms with Gasteiger partial charge in [0.05, 0.1) is 11.4 Å². The van der Waals surface area contributed by atoms with E-state index in [0.717, 1.165) is 24.2 Å².